The van der Waals surface area contributed by atoms with E-state index < -0.39 is 9.84 Å². The lowest BCUT2D eigenvalue weighted by atomic mass is 10.3. The van der Waals surface area contributed by atoms with Crippen LogP contribution in [0.4, 0.5) is 0 Å². The zero-order chi connectivity index (χ0) is 13.2. The number of carbonyl (C=O) groups is 1. The van der Waals surface area contributed by atoms with E-state index in [1.165, 1.54) is 11.3 Å². The van der Waals surface area contributed by atoms with E-state index in [0.29, 0.717) is 30.2 Å². The molecule has 0 aromatic carbocycles. The number of amides is 1. The summed E-state index contributed by atoms with van der Waals surface area (Å²) in [6, 6.07) is 0. The van der Waals surface area contributed by atoms with Crippen LogP contribution in [0.5, 0.6) is 0 Å². The number of carbonyl (C=O) groups excluding carboxylic acids is 1. The molecule has 2 rings (SSSR count). The Balaban J connectivity index is 2.09. The van der Waals surface area contributed by atoms with Gasteiger partial charge >= 0.3 is 0 Å². The maximum Gasteiger partial charge on any atom is 0.273 e. The summed E-state index contributed by atoms with van der Waals surface area (Å²) in [6.45, 7) is 1.02. The molecule has 2 N–H and O–H groups in total. The molecule has 1 aliphatic rings. The second-order valence-corrected chi connectivity index (χ2v) is 7.37. The molecule has 0 bridgehead atoms. The van der Waals surface area contributed by atoms with Gasteiger partial charge in [0.2, 0.25) is 0 Å². The van der Waals surface area contributed by atoms with Crippen LogP contribution in [0.15, 0.2) is 5.38 Å². The first-order valence-electron chi connectivity index (χ1n) is 5.66. The Morgan fingerprint density at radius 2 is 2.22 bits per heavy atom. The molecule has 1 fully saturated rings. The zero-order valence-corrected chi connectivity index (χ0v) is 11.5. The normalized spacial score (nSPS) is 19.5. The van der Waals surface area contributed by atoms with Crippen molar-refractivity contribution in [1.29, 1.82) is 0 Å². The number of hydrogen-bond donors (Lipinski definition) is 1. The number of nitrogens with zero attached hydrogens (tertiary/aromatic N) is 2. The molecule has 2 heterocycles. The van der Waals surface area contributed by atoms with Gasteiger partial charge in [-0.05, 0) is 6.42 Å². The maximum atomic E-state index is 12.1. The Kier molecular flexibility index (Phi) is 3.98. The quantitative estimate of drug-likeness (QED) is 0.818. The van der Waals surface area contributed by atoms with Crippen LogP contribution in [0.1, 0.15) is 21.9 Å². The van der Waals surface area contributed by atoms with Crippen LogP contribution in [0.25, 0.3) is 0 Å². The van der Waals surface area contributed by atoms with E-state index in [0.717, 1.165) is 0 Å². The summed E-state index contributed by atoms with van der Waals surface area (Å²) in [5, 5.41) is 2.38. The molecule has 1 aromatic heterocycles. The van der Waals surface area contributed by atoms with Crippen molar-refractivity contribution < 1.29 is 13.2 Å². The van der Waals surface area contributed by atoms with Gasteiger partial charge in [-0.1, -0.05) is 0 Å². The third kappa shape index (κ3) is 3.06. The van der Waals surface area contributed by atoms with Crippen LogP contribution in [0.2, 0.25) is 0 Å². The molecule has 0 unspecified atom stereocenters. The Hall–Kier alpha value is -0.990. The second kappa shape index (κ2) is 5.33. The van der Waals surface area contributed by atoms with Crippen molar-refractivity contribution in [3.8, 4) is 0 Å². The molecule has 100 valence electrons. The molecular weight excluding hydrogens is 274 g/mol. The van der Waals surface area contributed by atoms with Gasteiger partial charge in [-0.2, -0.15) is 0 Å². The summed E-state index contributed by atoms with van der Waals surface area (Å²) in [4.78, 5) is 17.8. The Bertz CT molecular complexity index is 538. The standard InChI is InChI=1S/C10H15N3O3S2/c11-6-9-12-8(7-17-9)10(14)13-2-1-4-18(15,16)5-3-13/h7H,1-6,11H2. The summed E-state index contributed by atoms with van der Waals surface area (Å²) in [7, 11) is -3.00. The van der Waals surface area contributed by atoms with Gasteiger partial charge in [0.1, 0.15) is 10.7 Å². The molecule has 0 atom stereocenters. The Morgan fingerprint density at radius 3 is 2.89 bits per heavy atom. The van der Waals surface area contributed by atoms with E-state index in [1.807, 2.05) is 0 Å². The van der Waals surface area contributed by atoms with Crippen molar-refractivity contribution >= 4 is 27.1 Å². The third-order valence-corrected chi connectivity index (χ3v) is 5.37. The van der Waals surface area contributed by atoms with E-state index in [9.17, 15) is 13.2 Å². The Labute approximate surface area is 110 Å². The predicted molar refractivity (Wildman–Crippen MR) is 69.2 cm³/mol. The molecule has 18 heavy (non-hydrogen) atoms. The van der Waals surface area contributed by atoms with Gasteiger partial charge in [0, 0.05) is 25.0 Å². The minimum atomic E-state index is -3.00. The lowest BCUT2D eigenvalue weighted by molar-refractivity contribution is 0.0763. The average molecular weight is 289 g/mol. The van der Waals surface area contributed by atoms with Gasteiger partial charge in [0.15, 0.2) is 9.84 Å². The van der Waals surface area contributed by atoms with E-state index in [4.69, 9.17) is 5.73 Å². The first-order chi connectivity index (χ1) is 8.52. The zero-order valence-electron chi connectivity index (χ0n) is 9.83. The van der Waals surface area contributed by atoms with Crippen LogP contribution in [-0.4, -0.2) is 48.8 Å². The summed E-state index contributed by atoms with van der Waals surface area (Å²) in [5.74, 6) is -0.0165. The molecular formula is C10H15N3O3S2. The van der Waals surface area contributed by atoms with Gasteiger partial charge in [-0.25, -0.2) is 13.4 Å². The first-order valence-corrected chi connectivity index (χ1v) is 8.36. The van der Waals surface area contributed by atoms with Crippen molar-refractivity contribution in [1.82, 2.24) is 9.88 Å². The molecule has 6 nitrogen and oxygen atoms in total. The largest absolute Gasteiger partial charge is 0.336 e. The molecule has 1 aliphatic heterocycles. The van der Waals surface area contributed by atoms with Crippen molar-refractivity contribution in [3.05, 3.63) is 16.1 Å². The second-order valence-electron chi connectivity index (χ2n) is 4.13. The number of thiazole rings is 1. The Morgan fingerprint density at radius 1 is 1.44 bits per heavy atom. The third-order valence-electron chi connectivity index (χ3n) is 2.79. The number of nitrogens with two attached hydrogens (primary N) is 1. The highest BCUT2D eigenvalue weighted by Crippen LogP contribution is 2.13. The number of aromatic nitrogens is 1. The number of rotatable bonds is 2. The molecule has 1 saturated heterocycles. The lowest BCUT2D eigenvalue weighted by Crippen LogP contribution is -2.33. The molecule has 0 radical (unpaired) electrons. The van der Waals surface area contributed by atoms with Gasteiger partial charge in [0.05, 0.1) is 11.5 Å². The fourth-order valence-corrected chi connectivity index (χ4v) is 3.73. The smallest absolute Gasteiger partial charge is 0.273 e. The molecule has 0 aliphatic carbocycles. The minimum Gasteiger partial charge on any atom is -0.336 e. The minimum absolute atomic E-state index is 0.0343. The van der Waals surface area contributed by atoms with E-state index in [1.54, 1.807) is 10.3 Å². The summed E-state index contributed by atoms with van der Waals surface area (Å²) >= 11 is 1.35. The molecule has 0 spiro atoms. The highest BCUT2D eigenvalue weighted by Gasteiger charge is 2.24. The van der Waals surface area contributed by atoms with E-state index >= 15 is 0 Å². The fraction of sp³-hybridized carbons (Fsp3) is 0.600. The van der Waals surface area contributed by atoms with Gasteiger partial charge < -0.3 is 10.6 Å². The van der Waals surface area contributed by atoms with Crippen LogP contribution < -0.4 is 5.73 Å². The highest BCUT2D eigenvalue weighted by molar-refractivity contribution is 7.91. The number of hydrogen-bond acceptors (Lipinski definition) is 6. The molecule has 0 saturated carbocycles. The van der Waals surface area contributed by atoms with E-state index in [2.05, 4.69) is 4.98 Å². The summed E-state index contributed by atoms with van der Waals surface area (Å²) in [6.07, 6.45) is 0.488. The van der Waals surface area contributed by atoms with Crippen molar-refractivity contribution in [2.45, 2.75) is 13.0 Å². The predicted octanol–water partition coefficient (Wildman–Crippen LogP) is -0.137. The van der Waals surface area contributed by atoms with Crippen molar-refractivity contribution in [2.75, 3.05) is 24.6 Å². The number of sulfone groups is 1. The average Bonchev–Trinajstić information content (AvgIpc) is 2.74. The first kappa shape index (κ1) is 13.4. The molecule has 1 amide bonds. The lowest BCUT2D eigenvalue weighted by Gasteiger charge is -2.18. The fourth-order valence-electron chi connectivity index (χ4n) is 1.81. The van der Waals surface area contributed by atoms with E-state index in [-0.39, 0.29) is 24.0 Å². The maximum absolute atomic E-state index is 12.1. The monoisotopic (exact) mass is 289 g/mol. The van der Waals surface area contributed by atoms with Crippen LogP contribution in [0.3, 0.4) is 0 Å². The van der Waals surface area contributed by atoms with Gasteiger partial charge in [-0.3, -0.25) is 4.79 Å². The van der Waals surface area contributed by atoms with Crippen LogP contribution in [0, 0.1) is 0 Å². The summed E-state index contributed by atoms with van der Waals surface area (Å²) < 4.78 is 22.9. The van der Waals surface area contributed by atoms with Crippen molar-refractivity contribution in [2.24, 2.45) is 5.73 Å². The van der Waals surface area contributed by atoms with Gasteiger partial charge in [0.25, 0.3) is 5.91 Å². The van der Waals surface area contributed by atoms with Crippen LogP contribution in [-0.2, 0) is 16.4 Å². The molecule has 1 aromatic rings. The van der Waals surface area contributed by atoms with Gasteiger partial charge in [-0.15, -0.1) is 11.3 Å². The summed E-state index contributed by atoms with van der Waals surface area (Å²) in [5.41, 5.74) is 5.81. The molecule has 8 heteroatoms. The SMILES string of the molecule is NCc1nc(C(=O)N2CCCS(=O)(=O)CC2)cs1. The topological polar surface area (TPSA) is 93.4 Å². The van der Waals surface area contributed by atoms with Crippen molar-refractivity contribution in [3.63, 3.8) is 0 Å². The highest BCUT2D eigenvalue weighted by atomic mass is 32.2. The van der Waals surface area contributed by atoms with Crippen LogP contribution >= 0.6 is 11.3 Å².